The molecule has 0 saturated heterocycles. The predicted octanol–water partition coefficient (Wildman–Crippen LogP) is 5.38. The number of nitrogens with one attached hydrogen (secondary N) is 1. The highest BCUT2D eigenvalue weighted by Gasteiger charge is 2.24. The van der Waals surface area contributed by atoms with Crippen LogP contribution < -0.4 is 5.32 Å². The van der Waals surface area contributed by atoms with Crippen molar-refractivity contribution in [3.8, 4) is 11.1 Å². The molecule has 27 heavy (non-hydrogen) atoms. The van der Waals surface area contributed by atoms with E-state index in [9.17, 15) is 18.0 Å². The first-order chi connectivity index (χ1) is 12.8. The molecule has 4 nitrogen and oxygen atoms in total. The normalized spacial score (nSPS) is 11.1. The van der Waals surface area contributed by atoms with E-state index >= 15 is 0 Å². The van der Waals surface area contributed by atoms with Crippen molar-refractivity contribution >= 4 is 23.2 Å². The largest absolute Gasteiger partial charge is 0.319 e. The SMILES string of the molecule is Cc1cc(-c2cccc(F)c2NC(=O)c2cn(C)nc2C(F)F)ccc1Cl. The summed E-state index contributed by atoms with van der Waals surface area (Å²) in [4.78, 5) is 12.5. The summed E-state index contributed by atoms with van der Waals surface area (Å²) in [5, 5.41) is 6.55. The van der Waals surface area contributed by atoms with E-state index in [-0.39, 0.29) is 11.3 Å². The van der Waals surface area contributed by atoms with Crippen LogP contribution in [0.2, 0.25) is 5.02 Å². The molecule has 1 aromatic heterocycles. The Morgan fingerprint density at radius 2 is 2.00 bits per heavy atom. The molecule has 0 spiro atoms. The monoisotopic (exact) mass is 393 g/mol. The number of nitrogens with zero attached hydrogens (tertiary/aromatic N) is 2. The topological polar surface area (TPSA) is 46.9 Å². The fraction of sp³-hybridized carbons (Fsp3) is 0.158. The van der Waals surface area contributed by atoms with Gasteiger partial charge in [0, 0.05) is 23.8 Å². The Labute approximate surface area is 158 Å². The standard InChI is InChI=1S/C19H15ClF3N3O/c1-10-8-11(6-7-14(10)20)12-4-3-5-15(21)16(12)24-19(27)13-9-26(2)25-17(13)18(22)23/h3-9,18H,1-2H3,(H,24,27). The highest BCUT2D eigenvalue weighted by atomic mass is 35.5. The second-order valence-corrected chi connectivity index (χ2v) is 6.39. The molecule has 1 heterocycles. The van der Waals surface area contributed by atoms with Crippen molar-refractivity contribution in [2.24, 2.45) is 7.05 Å². The number of para-hydroxylation sites is 1. The third-order valence-corrected chi connectivity index (χ3v) is 4.45. The summed E-state index contributed by atoms with van der Waals surface area (Å²) in [6, 6.07) is 9.41. The lowest BCUT2D eigenvalue weighted by Crippen LogP contribution is -2.15. The lowest BCUT2D eigenvalue weighted by molar-refractivity contribution is 0.101. The molecule has 140 valence electrons. The van der Waals surface area contributed by atoms with Crippen molar-refractivity contribution in [1.29, 1.82) is 0 Å². The van der Waals surface area contributed by atoms with Gasteiger partial charge in [0.1, 0.15) is 11.5 Å². The summed E-state index contributed by atoms with van der Waals surface area (Å²) >= 11 is 6.03. The molecule has 2 aromatic carbocycles. The number of hydrogen-bond donors (Lipinski definition) is 1. The zero-order valence-corrected chi connectivity index (χ0v) is 15.2. The van der Waals surface area contributed by atoms with Gasteiger partial charge in [-0.3, -0.25) is 9.48 Å². The zero-order chi connectivity index (χ0) is 19.7. The first-order valence-corrected chi connectivity index (χ1v) is 8.33. The Bertz CT molecular complexity index is 1020. The number of aromatic nitrogens is 2. The summed E-state index contributed by atoms with van der Waals surface area (Å²) in [7, 11) is 1.42. The Balaban J connectivity index is 2.03. The van der Waals surface area contributed by atoms with Crippen LogP contribution in [0.1, 0.15) is 28.0 Å². The van der Waals surface area contributed by atoms with E-state index in [1.165, 1.54) is 25.4 Å². The molecule has 0 aliphatic heterocycles. The van der Waals surface area contributed by atoms with Crippen molar-refractivity contribution < 1.29 is 18.0 Å². The van der Waals surface area contributed by atoms with Gasteiger partial charge in [-0.15, -0.1) is 0 Å². The van der Waals surface area contributed by atoms with E-state index in [0.717, 1.165) is 10.2 Å². The summed E-state index contributed by atoms with van der Waals surface area (Å²) in [5.41, 5.74) is 0.748. The number of halogens is 4. The number of amides is 1. The van der Waals surface area contributed by atoms with Crippen LogP contribution in [-0.4, -0.2) is 15.7 Å². The molecule has 0 atom stereocenters. The van der Waals surface area contributed by atoms with Gasteiger partial charge < -0.3 is 5.32 Å². The van der Waals surface area contributed by atoms with Crippen LogP contribution in [0, 0.1) is 12.7 Å². The van der Waals surface area contributed by atoms with Crippen molar-refractivity contribution in [2.75, 3.05) is 5.32 Å². The van der Waals surface area contributed by atoms with E-state index in [1.54, 1.807) is 31.2 Å². The predicted molar refractivity (Wildman–Crippen MR) is 97.7 cm³/mol. The number of anilines is 1. The summed E-state index contributed by atoms with van der Waals surface area (Å²) < 4.78 is 41.8. The van der Waals surface area contributed by atoms with Gasteiger partial charge in [-0.05, 0) is 36.2 Å². The lowest BCUT2D eigenvalue weighted by Gasteiger charge is -2.13. The minimum absolute atomic E-state index is 0.103. The molecule has 0 unspecified atom stereocenters. The van der Waals surface area contributed by atoms with Crippen molar-refractivity contribution in [3.05, 3.63) is 70.3 Å². The summed E-state index contributed by atoms with van der Waals surface area (Å²) in [6.07, 6.45) is -1.75. The fourth-order valence-corrected chi connectivity index (χ4v) is 2.84. The average Bonchev–Trinajstić information content (AvgIpc) is 3.01. The second kappa shape index (κ2) is 7.44. The molecule has 0 aliphatic rings. The molecule has 1 amide bonds. The van der Waals surface area contributed by atoms with Crippen molar-refractivity contribution in [1.82, 2.24) is 9.78 Å². The molecule has 0 radical (unpaired) electrons. The van der Waals surface area contributed by atoms with Crippen molar-refractivity contribution in [2.45, 2.75) is 13.3 Å². The first kappa shape index (κ1) is 19.0. The number of benzene rings is 2. The van der Waals surface area contributed by atoms with Gasteiger partial charge in [-0.2, -0.15) is 5.10 Å². The fourth-order valence-electron chi connectivity index (χ4n) is 2.73. The number of aryl methyl sites for hydroxylation is 2. The molecule has 1 N–H and O–H groups in total. The average molecular weight is 394 g/mol. The van der Waals surface area contributed by atoms with Crippen LogP contribution in [0.25, 0.3) is 11.1 Å². The van der Waals surface area contributed by atoms with Gasteiger partial charge in [-0.25, -0.2) is 13.2 Å². The molecule has 8 heteroatoms. The van der Waals surface area contributed by atoms with E-state index in [1.807, 2.05) is 0 Å². The first-order valence-electron chi connectivity index (χ1n) is 7.96. The Morgan fingerprint density at radius 3 is 2.67 bits per heavy atom. The minimum Gasteiger partial charge on any atom is -0.319 e. The number of rotatable bonds is 4. The van der Waals surface area contributed by atoms with Crippen LogP contribution in [-0.2, 0) is 7.05 Å². The summed E-state index contributed by atoms with van der Waals surface area (Å²) in [5.74, 6) is -1.55. The van der Waals surface area contributed by atoms with Crippen LogP contribution >= 0.6 is 11.6 Å². The maximum atomic E-state index is 14.4. The van der Waals surface area contributed by atoms with Crippen LogP contribution in [0.5, 0.6) is 0 Å². The Hall–Kier alpha value is -2.80. The van der Waals surface area contributed by atoms with E-state index in [4.69, 9.17) is 11.6 Å². The smallest absolute Gasteiger partial charge is 0.282 e. The summed E-state index contributed by atoms with van der Waals surface area (Å²) in [6.45, 7) is 1.80. The Morgan fingerprint density at radius 1 is 1.26 bits per heavy atom. The van der Waals surface area contributed by atoms with Crippen LogP contribution in [0.4, 0.5) is 18.9 Å². The molecule has 0 saturated carbocycles. The number of alkyl halides is 2. The molecule has 3 rings (SSSR count). The molecule has 3 aromatic rings. The molecule has 0 aliphatic carbocycles. The van der Waals surface area contributed by atoms with Crippen molar-refractivity contribution in [3.63, 3.8) is 0 Å². The van der Waals surface area contributed by atoms with Gasteiger partial charge >= 0.3 is 0 Å². The van der Waals surface area contributed by atoms with Gasteiger partial charge in [0.05, 0.1) is 11.3 Å². The number of carbonyl (C=O) groups is 1. The van der Waals surface area contributed by atoms with Gasteiger partial charge in [0.15, 0.2) is 0 Å². The van der Waals surface area contributed by atoms with Gasteiger partial charge in [0.2, 0.25) is 0 Å². The Kier molecular flexibility index (Phi) is 5.23. The molecule has 0 bridgehead atoms. The second-order valence-electron chi connectivity index (χ2n) is 5.98. The molecular weight excluding hydrogens is 379 g/mol. The van der Waals surface area contributed by atoms with E-state index in [2.05, 4.69) is 10.4 Å². The third kappa shape index (κ3) is 3.83. The van der Waals surface area contributed by atoms with Gasteiger partial charge in [0.25, 0.3) is 12.3 Å². The van der Waals surface area contributed by atoms with Crippen LogP contribution in [0.3, 0.4) is 0 Å². The minimum atomic E-state index is -2.93. The highest BCUT2D eigenvalue weighted by Crippen LogP contribution is 2.33. The van der Waals surface area contributed by atoms with Gasteiger partial charge in [-0.1, -0.05) is 29.8 Å². The lowest BCUT2D eigenvalue weighted by atomic mass is 10.0. The maximum Gasteiger partial charge on any atom is 0.282 e. The third-order valence-electron chi connectivity index (χ3n) is 4.03. The van der Waals surface area contributed by atoms with Crippen LogP contribution in [0.15, 0.2) is 42.6 Å². The molecule has 0 fully saturated rings. The number of carbonyl (C=O) groups excluding carboxylic acids is 1. The molecular formula is C19H15ClF3N3O. The number of hydrogen-bond acceptors (Lipinski definition) is 2. The van der Waals surface area contributed by atoms with E-state index in [0.29, 0.717) is 16.1 Å². The van der Waals surface area contributed by atoms with E-state index < -0.39 is 23.8 Å². The highest BCUT2D eigenvalue weighted by molar-refractivity contribution is 6.31. The zero-order valence-electron chi connectivity index (χ0n) is 14.4. The quantitative estimate of drug-likeness (QED) is 0.647. The maximum absolute atomic E-state index is 14.4.